The second-order valence-corrected chi connectivity index (χ2v) is 7.52. The molecule has 0 spiro atoms. The summed E-state index contributed by atoms with van der Waals surface area (Å²) in [5, 5.41) is 6.58. The number of rotatable bonds is 4. The summed E-state index contributed by atoms with van der Waals surface area (Å²) in [6.07, 6.45) is -1.65. The van der Waals surface area contributed by atoms with Gasteiger partial charge < -0.3 is 14.4 Å². The zero-order valence-corrected chi connectivity index (χ0v) is 17.0. The number of pyridine rings is 2. The van der Waals surface area contributed by atoms with Gasteiger partial charge in [0.25, 0.3) is 0 Å². The maximum Gasteiger partial charge on any atom is 0.408 e. The number of aryl methyl sites for hydroxylation is 2. The van der Waals surface area contributed by atoms with Crippen molar-refractivity contribution in [2.45, 2.75) is 45.3 Å². The first-order valence-electron chi connectivity index (χ1n) is 9.83. The third-order valence-corrected chi connectivity index (χ3v) is 5.20. The van der Waals surface area contributed by atoms with E-state index >= 15 is 0 Å². The molecule has 0 saturated carbocycles. The topological polar surface area (TPSA) is 99.9 Å². The van der Waals surface area contributed by atoms with Crippen molar-refractivity contribution in [3.63, 3.8) is 0 Å². The fraction of sp³-hybridized carbons (Fsp3) is 0.400. The van der Waals surface area contributed by atoms with Crippen LogP contribution in [0.15, 0.2) is 33.7 Å². The first-order chi connectivity index (χ1) is 14.7. The molecule has 8 nitrogen and oxygen atoms in total. The van der Waals surface area contributed by atoms with E-state index in [0.29, 0.717) is 35.6 Å². The highest BCUT2D eigenvalue weighted by Gasteiger charge is 2.45. The lowest BCUT2D eigenvalue weighted by Crippen LogP contribution is -2.49. The van der Waals surface area contributed by atoms with Crippen LogP contribution in [0.2, 0.25) is 0 Å². The van der Waals surface area contributed by atoms with E-state index in [1.165, 1.54) is 11.0 Å². The van der Waals surface area contributed by atoms with E-state index in [1.807, 2.05) is 6.92 Å². The maximum absolute atomic E-state index is 13.6. The number of hydrogen-bond donors (Lipinski definition) is 2. The predicted molar refractivity (Wildman–Crippen MR) is 108 cm³/mol. The molecule has 1 atom stereocenters. The Morgan fingerprint density at radius 2 is 2.03 bits per heavy atom. The SMILES string of the molecule is Cc1noc(Nc2cc(-c3cc(N4CCCC[C@@H]4C(F)(F)F)[nH]c(=O)c3)c(C)cn2)n1. The number of aromatic nitrogens is 4. The third-order valence-electron chi connectivity index (χ3n) is 5.20. The van der Waals surface area contributed by atoms with Gasteiger partial charge in [0.2, 0.25) is 5.56 Å². The Kier molecular flexibility index (Phi) is 5.42. The van der Waals surface area contributed by atoms with Gasteiger partial charge in [0.1, 0.15) is 17.7 Å². The van der Waals surface area contributed by atoms with Gasteiger partial charge in [-0.15, -0.1) is 0 Å². The van der Waals surface area contributed by atoms with Crippen molar-refractivity contribution >= 4 is 17.7 Å². The molecule has 0 unspecified atom stereocenters. The van der Waals surface area contributed by atoms with Gasteiger partial charge in [-0.2, -0.15) is 18.2 Å². The van der Waals surface area contributed by atoms with Gasteiger partial charge in [-0.05, 0) is 61.9 Å². The Morgan fingerprint density at radius 1 is 1.23 bits per heavy atom. The maximum atomic E-state index is 13.6. The molecule has 0 aliphatic carbocycles. The van der Waals surface area contributed by atoms with Gasteiger partial charge in [-0.25, -0.2) is 4.98 Å². The zero-order chi connectivity index (χ0) is 22.2. The minimum Gasteiger partial charge on any atom is -0.346 e. The van der Waals surface area contributed by atoms with Crippen molar-refractivity contribution < 1.29 is 17.7 Å². The van der Waals surface area contributed by atoms with Gasteiger partial charge in [0, 0.05) is 18.8 Å². The standard InChI is InChI=1S/C20H21F3N6O2/c1-11-10-24-16(26-19-25-12(2)28-31-19)9-14(11)13-7-17(27-18(30)8-13)29-6-4-3-5-15(29)20(21,22)23/h7-10,15H,3-6H2,1-2H3,(H,27,30)(H,24,25,26,28)/t15-/m1/s1. The molecule has 0 bridgehead atoms. The van der Waals surface area contributed by atoms with E-state index in [0.717, 1.165) is 5.56 Å². The van der Waals surface area contributed by atoms with E-state index in [-0.39, 0.29) is 24.8 Å². The van der Waals surface area contributed by atoms with Crippen LogP contribution < -0.4 is 15.8 Å². The molecule has 1 aliphatic rings. The van der Waals surface area contributed by atoms with Crippen LogP contribution in [0.3, 0.4) is 0 Å². The molecule has 3 aromatic heterocycles. The number of piperidine rings is 1. The van der Waals surface area contributed by atoms with Crippen LogP contribution in [0, 0.1) is 13.8 Å². The van der Waals surface area contributed by atoms with Crippen LogP contribution in [0.5, 0.6) is 0 Å². The summed E-state index contributed by atoms with van der Waals surface area (Å²) in [5.74, 6) is 1.01. The number of nitrogens with zero attached hydrogens (tertiary/aromatic N) is 4. The third kappa shape index (κ3) is 4.54. The van der Waals surface area contributed by atoms with Crippen LogP contribution in [-0.4, -0.2) is 38.9 Å². The van der Waals surface area contributed by atoms with E-state index in [9.17, 15) is 18.0 Å². The second-order valence-electron chi connectivity index (χ2n) is 7.52. The van der Waals surface area contributed by atoms with Crippen molar-refractivity contribution in [2.24, 2.45) is 0 Å². The number of nitrogens with one attached hydrogen (secondary N) is 2. The Morgan fingerprint density at radius 3 is 2.74 bits per heavy atom. The molecule has 1 fully saturated rings. The molecule has 11 heteroatoms. The molecule has 4 rings (SSSR count). The summed E-state index contributed by atoms with van der Waals surface area (Å²) in [6.45, 7) is 3.71. The molecule has 1 saturated heterocycles. The van der Waals surface area contributed by atoms with Crippen LogP contribution in [-0.2, 0) is 0 Å². The summed E-state index contributed by atoms with van der Waals surface area (Å²) in [4.78, 5) is 24.5. The average molecular weight is 434 g/mol. The molecule has 0 aromatic carbocycles. The number of aromatic amines is 1. The highest BCUT2D eigenvalue weighted by Crippen LogP contribution is 2.35. The second kappa shape index (κ2) is 8.05. The average Bonchev–Trinajstić information content (AvgIpc) is 3.13. The molecule has 4 heterocycles. The van der Waals surface area contributed by atoms with Crippen molar-refractivity contribution in [1.29, 1.82) is 0 Å². The normalized spacial score (nSPS) is 17.1. The number of hydrogen-bond acceptors (Lipinski definition) is 7. The molecule has 2 N–H and O–H groups in total. The van der Waals surface area contributed by atoms with Crippen molar-refractivity contribution in [3.05, 3.63) is 46.1 Å². The van der Waals surface area contributed by atoms with E-state index in [2.05, 4.69) is 25.4 Å². The van der Waals surface area contributed by atoms with Crippen LogP contribution in [0.4, 0.5) is 30.8 Å². The lowest BCUT2D eigenvalue weighted by molar-refractivity contribution is -0.152. The lowest BCUT2D eigenvalue weighted by Gasteiger charge is -2.38. The van der Waals surface area contributed by atoms with Gasteiger partial charge >= 0.3 is 12.2 Å². The van der Waals surface area contributed by atoms with Gasteiger partial charge in [0.15, 0.2) is 5.82 Å². The molecule has 3 aromatic rings. The summed E-state index contributed by atoms with van der Waals surface area (Å²) >= 11 is 0. The monoisotopic (exact) mass is 434 g/mol. The summed E-state index contributed by atoms with van der Waals surface area (Å²) in [7, 11) is 0. The summed E-state index contributed by atoms with van der Waals surface area (Å²) in [6, 6.07) is 3.16. The molecular formula is C20H21F3N6O2. The zero-order valence-electron chi connectivity index (χ0n) is 17.0. The number of halogens is 3. The van der Waals surface area contributed by atoms with Gasteiger partial charge in [-0.1, -0.05) is 5.16 Å². The summed E-state index contributed by atoms with van der Waals surface area (Å²) < 4.78 is 45.7. The fourth-order valence-corrected chi connectivity index (χ4v) is 3.76. The largest absolute Gasteiger partial charge is 0.408 e. The predicted octanol–water partition coefficient (Wildman–Crippen LogP) is 4.10. The minimum absolute atomic E-state index is 0.00170. The first kappa shape index (κ1) is 20.9. The van der Waals surface area contributed by atoms with Crippen LogP contribution in [0.1, 0.15) is 30.7 Å². The number of H-pyrrole nitrogens is 1. The van der Waals surface area contributed by atoms with Crippen molar-refractivity contribution in [1.82, 2.24) is 20.1 Å². The van der Waals surface area contributed by atoms with Crippen LogP contribution >= 0.6 is 0 Å². The molecule has 31 heavy (non-hydrogen) atoms. The lowest BCUT2D eigenvalue weighted by atomic mass is 10.00. The first-order valence-corrected chi connectivity index (χ1v) is 9.83. The Balaban J connectivity index is 1.71. The minimum atomic E-state index is -4.38. The van der Waals surface area contributed by atoms with E-state index in [1.54, 1.807) is 25.3 Å². The highest BCUT2D eigenvalue weighted by molar-refractivity contribution is 5.72. The Hall–Kier alpha value is -3.37. The van der Waals surface area contributed by atoms with Crippen molar-refractivity contribution in [3.8, 4) is 11.1 Å². The van der Waals surface area contributed by atoms with E-state index < -0.39 is 17.8 Å². The smallest absolute Gasteiger partial charge is 0.346 e. The molecule has 0 radical (unpaired) electrons. The van der Waals surface area contributed by atoms with E-state index in [4.69, 9.17) is 4.52 Å². The highest BCUT2D eigenvalue weighted by atomic mass is 19.4. The molecule has 164 valence electrons. The van der Waals surface area contributed by atoms with Crippen molar-refractivity contribution in [2.75, 3.05) is 16.8 Å². The number of alkyl halides is 3. The number of anilines is 3. The Bertz CT molecular complexity index is 1140. The van der Waals surface area contributed by atoms with Gasteiger partial charge in [0.05, 0.1) is 0 Å². The summed E-state index contributed by atoms with van der Waals surface area (Å²) in [5.41, 5.74) is 1.43. The molecule has 0 amide bonds. The fourth-order valence-electron chi connectivity index (χ4n) is 3.76. The quantitative estimate of drug-likeness (QED) is 0.638. The Labute approximate surface area is 175 Å². The van der Waals surface area contributed by atoms with Gasteiger partial charge in [-0.3, -0.25) is 10.1 Å². The molecular weight excluding hydrogens is 413 g/mol. The molecule has 1 aliphatic heterocycles. The van der Waals surface area contributed by atoms with Crippen LogP contribution in [0.25, 0.3) is 11.1 Å².